The molecule has 0 bridgehead atoms. The number of hydrogen-bond donors (Lipinski definition) is 2. The Morgan fingerprint density at radius 2 is 1.76 bits per heavy atom. The van der Waals surface area contributed by atoms with Crippen LogP contribution in [0.15, 0.2) is 72.8 Å². The lowest BCUT2D eigenvalue weighted by Crippen LogP contribution is -2.33. The average Bonchev–Trinajstić information content (AvgIpc) is 3.28. The summed E-state index contributed by atoms with van der Waals surface area (Å²) in [7, 11) is -4.12. The molecule has 3 N–H and O–H groups in total. The SMILES string of the molecule is C=C(c1ccccc1)[C@@]12CC[C@@H](OS(N)(=O)=O)C1CC(CCCC(=O)O)=C2c1ccccc1. The predicted octanol–water partition coefficient (Wildman–Crippen LogP) is 4.80. The van der Waals surface area contributed by atoms with Gasteiger partial charge in [-0.15, -0.1) is 0 Å². The van der Waals surface area contributed by atoms with Crippen LogP contribution >= 0.6 is 0 Å². The van der Waals surface area contributed by atoms with E-state index >= 15 is 0 Å². The van der Waals surface area contributed by atoms with Gasteiger partial charge in [-0.1, -0.05) is 72.8 Å². The van der Waals surface area contributed by atoms with Gasteiger partial charge in [0.1, 0.15) is 0 Å². The third-order valence-corrected chi connectivity index (χ3v) is 7.54. The second-order valence-corrected chi connectivity index (χ2v) is 10.1. The molecule has 2 aliphatic carbocycles. The maximum absolute atomic E-state index is 11.9. The molecule has 0 saturated heterocycles. The lowest BCUT2D eigenvalue weighted by molar-refractivity contribution is -0.137. The molecule has 0 heterocycles. The first kappa shape index (κ1) is 23.4. The van der Waals surface area contributed by atoms with Crippen molar-refractivity contribution in [3.63, 3.8) is 0 Å². The van der Waals surface area contributed by atoms with Gasteiger partial charge in [-0.05, 0) is 54.4 Å². The fourth-order valence-corrected chi connectivity index (χ4v) is 6.40. The van der Waals surface area contributed by atoms with E-state index < -0.39 is 27.8 Å². The lowest BCUT2D eigenvalue weighted by atomic mass is 9.66. The van der Waals surface area contributed by atoms with Crippen LogP contribution in [0.2, 0.25) is 0 Å². The van der Waals surface area contributed by atoms with Crippen LogP contribution in [0.5, 0.6) is 0 Å². The third-order valence-electron chi connectivity index (χ3n) is 7.02. The van der Waals surface area contributed by atoms with Crippen molar-refractivity contribution in [2.75, 3.05) is 0 Å². The van der Waals surface area contributed by atoms with Crippen molar-refractivity contribution in [3.8, 4) is 0 Å². The minimum absolute atomic E-state index is 0.0833. The van der Waals surface area contributed by atoms with E-state index in [-0.39, 0.29) is 12.3 Å². The van der Waals surface area contributed by atoms with Crippen LogP contribution in [-0.2, 0) is 19.3 Å². The third kappa shape index (κ3) is 4.67. The monoisotopic (exact) mass is 467 g/mol. The second kappa shape index (κ2) is 9.25. The Balaban J connectivity index is 1.85. The molecule has 2 aromatic rings. The Bertz CT molecular complexity index is 1170. The minimum atomic E-state index is -4.12. The highest BCUT2D eigenvalue weighted by atomic mass is 32.2. The van der Waals surface area contributed by atoms with E-state index in [2.05, 4.69) is 18.7 Å². The highest BCUT2D eigenvalue weighted by Gasteiger charge is 2.58. The summed E-state index contributed by atoms with van der Waals surface area (Å²) in [5.74, 6) is -0.979. The van der Waals surface area contributed by atoms with Gasteiger partial charge in [0.25, 0.3) is 0 Å². The van der Waals surface area contributed by atoms with Crippen molar-refractivity contribution in [1.29, 1.82) is 0 Å². The van der Waals surface area contributed by atoms with Gasteiger partial charge in [0, 0.05) is 17.8 Å². The second-order valence-electron chi connectivity index (χ2n) is 8.88. The molecule has 1 fully saturated rings. The topological polar surface area (TPSA) is 107 Å². The molecule has 2 aromatic carbocycles. The van der Waals surface area contributed by atoms with Gasteiger partial charge >= 0.3 is 16.3 Å². The van der Waals surface area contributed by atoms with Crippen molar-refractivity contribution >= 4 is 27.4 Å². The van der Waals surface area contributed by atoms with Gasteiger partial charge in [0.05, 0.1) is 6.10 Å². The van der Waals surface area contributed by atoms with Crippen LogP contribution < -0.4 is 5.14 Å². The van der Waals surface area contributed by atoms with E-state index in [0.717, 1.165) is 27.8 Å². The van der Waals surface area contributed by atoms with E-state index in [4.69, 9.17) is 14.4 Å². The van der Waals surface area contributed by atoms with Crippen LogP contribution in [0, 0.1) is 11.3 Å². The van der Waals surface area contributed by atoms with E-state index in [9.17, 15) is 13.2 Å². The maximum atomic E-state index is 11.9. The Hall–Kier alpha value is -2.74. The smallest absolute Gasteiger partial charge is 0.333 e. The summed E-state index contributed by atoms with van der Waals surface area (Å²) < 4.78 is 29.1. The van der Waals surface area contributed by atoms with Gasteiger partial charge in [0.15, 0.2) is 0 Å². The molecule has 1 saturated carbocycles. The highest BCUT2D eigenvalue weighted by Crippen LogP contribution is 2.66. The summed E-state index contributed by atoms with van der Waals surface area (Å²) in [6.45, 7) is 4.53. The number of aliphatic carboxylic acids is 1. The van der Waals surface area contributed by atoms with E-state index in [1.54, 1.807) is 0 Å². The zero-order valence-electron chi connectivity index (χ0n) is 18.4. The predicted molar refractivity (Wildman–Crippen MR) is 128 cm³/mol. The number of allylic oxidation sites excluding steroid dienone is 3. The molecule has 4 rings (SSSR count). The number of nitrogens with two attached hydrogens (primary N) is 1. The van der Waals surface area contributed by atoms with Crippen LogP contribution in [0.4, 0.5) is 0 Å². The molecule has 7 heteroatoms. The lowest BCUT2D eigenvalue weighted by Gasteiger charge is -2.37. The number of rotatable bonds is 9. The minimum Gasteiger partial charge on any atom is -0.481 e. The molecule has 2 aliphatic rings. The number of carboxylic acid groups (broad SMARTS) is 1. The molecular weight excluding hydrogens is 438 g/mol. The van der Waals surface area contributed by atoms with Gasteiger partial charge in [-0.25, -0.2) is 5.14 Å². The molecule has 0 aromatic heterocycles. The number of hydrogen-bond acceptors (Lipinski definition) is 4. The average molecular weight is 468 g/mol. The van der Waals surface area contributed by atoms with Crippen LogP contribution in [0.1, 0.15) is 49.7 Å². The highest BCUT2D eigenvalue weighted by molar-refractivity contribution is 7.84. The molecule has 0 aliphatic heterocycles. The van der Waals surface area contributed by atoms with Crippen LogP contribution in [0.25, 0.3) is 11.1 Å². The Labute approximate surface area is 195 Å². The normalized spacial score (nSPS) is 24.6. The van der Waals surface area contributed by atoms with Crippen LogP contribution in [-0.4, -0.2) is 25.6 Å². The van der Waals surface area contributed by atoms with Gasteiger partial charge < -0.3 is 5.11 Å². The number of carbonyl (C=O) groups is 1. The molecule has 0 radical (unpaired) electrons. The summed E-state index contributed by atoms with van der Waals surface area (Å²) in [6, 6.07) is 20.0. The number of carboxylic acids is 1. The van der Waals surface area contributed by atoms with Crippen molar-refractivity contribution in [1.82, 2.24) is 0 Å². The Morgan fingerprint density at radius 1 is 1.12 bits per heavy atom. The summed E-state index contributed by atoms with van der Waals surface area (Å²) >= 11 is 0. The fourth-order valence-electron chi connectivity index (χ4n) is 5.83. The van der Waals surface area contributed by atoms with Crippen molar-refractivity contribution in [2.24, 2.45) is 16.5 Å². The number of benzene rings is 2. The Morgan fingerprint density at radius 3 is 2.36 bits per heavy atom. The van der Waals surface area contributed by atoms with Gasteiger partial charge in [0.2, 0.25) is 0 Å². The molecule has 3 atom stereocenters. The van der Waals surface area contributed by atoms with Crippen molar-refractivity contribution in [3.05, 3.63) is 83.9 Å². The molecule has 0 amide bonds. The Kier molecular flexibility index (Phi) is 6.56. The molecular formula is C26H29NO5S. The zero-order valence-corrected chi connectivity index (χ0v) is 19.3. The summed E-state index contributed by atoms with van der Waals surface area (Å²) in [5.41, 5.74) is 4.75. The summed E-state index contributed by atoms with van der Waals surface area (Å²) in [5, 5.41) is 14.4. The van der Waals surface area contributed by atoms with Crippen LogP contribution in [0.3, 0.4) is 0 Å². The number of fused-ring (bicyclic) bond motifs is 1. The summed E-state index contributed by atoms with van der Waals surface area (Å²) in [6.07, 6.45) is 2.51. The van der Waals surface area contributed by atoms with E-state index in [0.29, 0.717) is 32.1 Å². The standard InChI is InChI=1S/C26H29NO5S/c1-18(19-9-4-2-5-10-19)26-16-15-23(32-33(27,30)31)22(26)17-21(13-8-14-24(28)29)25(26)20-11-6-3-7-12-20/h2-7,9-12,22-23H,1,8,13-17H2,(H,28,29)(H2,27,30,31)/t22?,23-,26+/m1/s1. The maximum Gasteiger partial charge on any atom is 0.333 e. The first-order chi connectivity index (χ1) is 15.7. The largest absolute Gasteiger partial charge is 0.481 e. The van der Waals surface area contributed by atoms with Gasteiger partial charge in [-0.3, -0.25) is 8.98 Å². The van der Waals surface area contributed by atoms with E-state index in [1.165, 1.54) is 0 Å². The quantitative estimate of drug-likeness (QED) is 0.551. The zero-order chi connectivity index (χ0) is 23.6. The van der Waals surface area contributed by atoms with Crippen molar-refractivity contribution < 1.29 is 22.5 Å². The molecule has 6 nitrogen and oxygen atoms in total. The van der Waals surface area contributed by atoms with E-state index in [1.807, 2.05) is 48.5 Å². The summed E-state index contributed by atoms with van der Waals surface area (Å²) in [4.78, 5) is 11.2. The van der Waals surface area contributed by atoms with Crippen molar-refractivity contribution in [2.45, 2.75) is 44.6 Å². The fraction of sp³-hybridized carbons (Fsp3) is 0.346. The molecule has 0 spiro atoms. The molecule has 1 unspecified atom stereocenters. The first-order valence-corrected chi connectivity index (χ1v) is 12.6. The molecule has 33 heavy (non-hydrogen) atoms. The first-order valence-electron chi connectivity index (χ1n) is 11.2. The van der Waals surface area contributed by atoms with Gasteiger partial charge in [-0.2, -0.15) is 8.42 Å². The molecule has 174 valence electrons.